The molecule has 0 bridgehead atoms. The van der Waals surface area contributed by atoms with E-state index < -0.39 is 0 Å². The molecule has 3 nitrogen and oxygen atoms in total. The first-order chi connectivity index (χ1) is 7.49. The third-order valence-electron chi connectivity index (χ3n) is 3.13. The molecule has 1 N–H and O–H groups in total. The second-order valence-corrected chi connectivity index (χ2v) is 5.62. The van der Waals surface area contributed by atoms with Gasteiger partial charge in [-0.05, 0) is 65.0 Å². The third-order valence-corrected chi connectivity index (χ3v) is 3.56. The molecule has 1 heterocycles. The van der Waals surface area contributed by atoms with Crippen molar-refractivity contribution >= 4 is 17.3 Å². The summed E-state index contributed by atoms with van der Waals surface area (Å²) in [5, 5.41) is 4.17. The lowest BCUT2D eigenvalue weighted by Gasteiger charge is -2.33. The second-order valence-electron chi connectivity index (χ2n) is 5.23. The van der Waals surface area contributed by atoms with Crippen molar-refractivity contribution in [2.75, 3.05) is 33.7 Å². The summed E-state index contributed by atoms with van der Waals surface area (Å²) in [5.41, 5.74) is 0. The summed E-state index contributed by atoms with van der Waals surface area (Å²) >= 11 is 5.35. The van der Waals surface area contributed by atoms with Crippen LogP contribution >= 0.6 is 12.2 Å². The zero-order valence-corrected chi connectivity index (χ0v) is 11.8. The maximum absolute atomic E-state index is 5.35. The minimum absolute atomic E-state index is 0.424. The maximum atomic E-state index is 5.35. The summed E-state index contributed by atoms with van der Waals surface area (Å²) in [6, 6.07) is 0.424. The molecule has 16 heavy (non-hydrogen) atoms. The van der Waals surface area contributed by atoms with Gasteiger partial charge in [0, 0.05) is 19.6 Å². The van der Waals surface area contributed by atoms with Crippen LogP contribution in [0.3, 0.4) is 0 Å². The van der Waals surface area contributed by atoms with E-state index in [9.17, 15) is 0 Å². The van der Waals surface area contributed by atoms with Gasteiger partial charge in [0.15, 0.2) is 5.11 Å². The smallest absolute Gasteiger partial charge is 0.168 e. The highest BCUT2D eigenvalue weighted by Crippen LogP contribution is 2.16. The molecule has 1 aliphatic heterocycles. The zero-order chi connectivity index (χ0) is 12.1. The Balaban J connectivity index is 2.28. The lowest BCUT2D eigenvalue weighted by molar-refractivity contribution is 0.199. The van der Waals surface area contributed by atoms with Gasteiger partial charge >= 0.3 is 0 Å². The van der Waals surface area contributed by atoms with E-state index in [4.69, 9.17) is 12.2 Å². The first-order valence-electron chi connectivity index (χ1n) is 6.19. The average Bonchev–Trinajstić information content (AvgIpc) is 2.20. The molecular weight excluding hydrogens is 218 g/mol. The van der Waals surface area contributed by atoms with Gasteiger partial charge in [0.2, 0.25) is 0 Å². The molecule has 0 atom stereocenters. The molecule has 0 aliphatic carbocycles. The molecular formula is C12H25N3S. The molecule has 94 valence electrons. The first kappa shape index (κ1) is 13.7. The molecule has 0 spiro atoms. The molecule has 0 aromatic heterocycles. The van der Waals surface area contributed by atoms with Gasteiger partial charge in [-0.3, -0.25) is 0 Å². The van der Waals surface area contributed by atoms with E-state index in [0.717, 1.165) is 17.6 Å². The average molecular weight is 243 g/mol. The molecule has 1 fully saturated rings. The van der Waals surface area contributed by atoms with Crippen molar-refractivity contribution in [3.63, 3.8) is 0 Å². The maximum Gasteiger partial charge on any atom is 0.168 e. The van der Waals surface area contributed by atoms with Crippen LogP contribution in [0.2, 0.25) is 0 Å². The molecule has 0 amide bonds. The first-order valence-corrected chi connectivity index (χ1v) is 6.60. The van der Waals surface area contributed by atoms with Crippen LogP contribution in [0.4, 0.5) is 0 Å². The van der Waals surface area contributed by atoms with Crippen molar-refractivity contribution in [2.45, 2.75) is 32.7 Å². The van der Waals surface area contributed by atoms with E-state index in [1.165, 1.54) is 25.9 Å². The van der Waals surface area contributed by atoms with Gasteiger partial charge < -0.3 is 15.1 Å². The molecule has 0 unspecified atom stereocenters. The third kappa shape index (κ3) is 4.66. The predicted molar refractivity (Wildman–Crippen MR) is 73.7 cm³/mol. The van der Waals surface area contributed by atoms with Gasteiger partial charge in [0.25, 0.3) is 0 Å². The van der Waals surface area contributed by atoms with Gasteiger partial charge in [0.1, 0.15) is 0 Å². The van der Waals surface area contributed by atoms with Crippen molar-refractivity contribution in [1.82, 2.24) is 15.1 Å². The number of hydrogen-bond acceptors (Lipinski definition) is 2. The quantitative estimate of drug-likeness (QED) is 0.758. The van der Waals surface area contributed by atoms with Crippen LogP contribution in [0.15, 0.2) is 0 Å². The van der Waals surface area contributed by atoms with E-state index in [1.54, 1.807) is 0 Å². The molecule has 4 heteroatoms. The SMILES string of the molecule is CC(C)NC(=S)N(C)CC1CCN(C)CC1. The van der Waals surface area contributed by atoms with Gasteiger partial charge in [-0.25, -0.2) is 0 Å². The van der Waals surface area contributed by atoms with Crippen LogP contribution < -0.4 is 5.32 Å². The minimum atomic E-state index is 0.424. The number of rotatable bonds is 3. The van der Waals surface area contributed by atoms with Crippen LogP contribution in [0.25, 0.3) is 0 Å². The standard InChI is InChI=1S/C12H25N3S/c1-10(2)13-12(16)15(4)9-11-5-7-14(3)8-6-11/h10-11H,5-9H2,1-4H3,(H,13,16). The van der Waals surface area contributed by atoms with E-state index >= 15 is 0 Å². The Hall–Kier alpha value is -0.350. The predicted octanol–water partition coefficient (Wildman–Crippen LogP) is 1.54. The van der Waals surface area contributed by atoms with Crippen molar-refractivity contribution in [3.8, 4) is 0 Å². The largest absolute Gasteiger partial charge is 0.360 e. The number of hydrogen-bond donors (Lipinski definition) is 1. The summed E-state index contributed by atoms with van der Waals surface area (Å²) < 4.78 is 0. The fourth-order valence-electron chi connectivity index (χ4n) is 2.07. The lowest BCUT2D eigenvalue weighted by atomic mass is 9.97. The number of thiocarbonyl (C=S) groups is 1. The summed E-state index contributed by atoms with van der Waals surface area (Å²) in [6.45, 7) is 7.78. The van der Waals surface area contributed by atoms with Crippen LogP contribution in [0, 0.1) is 5.92 Å². The zero-order valence-electron chi connectivity index (χ0n) is 11.0. The topological polar surface area (TPSA) is 18.5 Å². The Morgan fingerprint density at radius 1 is 1.44 bits per heavy atom. The van der Waals surface area contributed by atoms with E-state index in [-0.39, 0.29) is 0 Å². The molecule has 1 saturated heterocycles. The number of piperidine rings is 1. The summed E-state index contributed by atoms with van der Waals surface area (Å²) in [6.07, 6.45) is 2.59. The Labute approximate surface area is 105 Å². The Morgan fingerprint density at radius 3 is 2.50 bits per heavy atom. The van der Waals surface area contributed by atoms with Crippen LogP contribution in [0.1, 0.15) is 26.7 Å². The van der Waals surface area contributed by atoms with E-state index in [1.807, 2.05) is 0 Å². The number of nitrogens with zero attached hydrogens (tertiary/aromatic N) is 2. The highest BCUT2D eigenvalue weighted by molar-refractivity contribution is 7.80. The monoisotopic (exact) mass is 243 g/mol. The van der Waals surface area contributed by atoms with E-state index in [2.05, 4.69) is 43.1 Å². The van der Waals surface area contributed by atoms with Gasteiger partial charge in [-0.2, -0.15) is 0 Å². The molecule has 0 saturated carbocycles. The van der Waals surface area contributed by atoms with Gasteiger partial charge in [-0.15, -0.1) is 0 Å². The van der Waals surface area contributed by atoms with Crippen molar-refractivity contribution < 1.29 is 0 Å². The van der Waals surface area contributed by atoms with Crippen molar-refractivity contribution in [2.24, 2.45) is 5.92 Å². The van der Waals surface area contributed by atoms with Gasteiger partial charge in [-0.1, -0.05) is 0 Å². The highest BCUT2D eigenvalue weighted by atomic mass is 32.1. The molecule has 1 rings (SSSR count). The van der Waals surface area contributed by atoms with Crippen molar-refractivity contribution in [3.05, 3.63) is 0 Å². The fraction of sp³-hybridized carbons (Fsp3) is 0.917. The number of likely N-dealkylation sites (tertiary alicyclic amines) is 1. The van der Waals surface area contributed by atoms with Crippen molar-refractivity contribution in [1.29, 1.82) is 0 Å². The van der Waals surface area contributed by atoms with Crippen LogP contribution in [0.5, 0.6) is 0 Å². The summed E-state index contributed by atoms with van der Waals surface area (Å²) in [4.78, 5) is 4.59. The molecule has 1 aliphatic rings. The summed E-state index contributed by atoms with van der Waals surface area (Å²) in [5.74, 6) is 0.799. The highest BCUT2D eigenvalue weighted by Gasteiger charge is 2.19. The fourth-order valence-corrected chi connectivity index (χ4v) is 2.38. The minimum Gasteiger partial charge on any atom is -0.360 e. The van der Waals surface area contributed by atoms with Crippen LogP contribution in [-0.2, 0) is 0 Å². The van der Waals surface area contributed by atoms with Gasteiger partial charge in [0.05, 0.1) is 0 Å². The molecule has 0 aromatic carbocycles. The van der Waals surface area contributed by atoms with E-state index in [0.29, 0.717) is 6.04 Å². The Kier molecular flexibility index (Phi) is 5.49. The Bertz CT molecular complexity index is 222. The second kappa shape index (κ2) is 6.40. The molecule has 0 aromatic rings. The normalized spacial score (nSPS) is 18.8. The number of nitrogens with one attached hydrogen (secondary N) is 1. The van der Waals surface area contributed by atoms with Crippen LogP contribution in [-0.4, -0.2) is 54.7 Å². The Morgan fingerprint density at radius 2 is 2.00 bits per heavy atom. The molecule has 0 radical (unpaired) electrons. The summed E-state index contributed by atoms with van der Waals surface area (Å²) in [7, 11) is 4.29. The lowest BCUT2D eigenvalue weighted by Crippen LogP contribution is -2.44.